The van der Waals surface area contributed by atoms with Crippen molar-refractivity contribution >= 4 is 5.96 Å². The van der Waals surface area contributed by atoms with Crippen LogP contribution in [0.3, 0.4) is 0 Å². The highest BCUT2D eigenvalue weighted by Gasteiger charge is 2.40. The minimum absolute atomic E-state index is 0.118. The van der Waals surface area contributed by atoms with Crippen LogP contribution in [0.25, 0.3) is 0 Å². The molecule has 1 aromatic heterocycles. The molecule has 1 fully saturated rings. The SMILES string of the molecule is CCNC(=NCc1ccn(C)c1)NC1CC1c1ccccc1F. The van der Waals surface area contributed by atoms with Crippen molar-refractivity contribution in [1.29, 1.82) is 0 Å². The third-order valence-electron chi connectivity index (χ3n) is 4.07. The van der Waals surface area contributed by atoms with Crippen molar-refractivity contribution in [1.82, 2.24) is 15.2 Å². The summed E-state index contributed by atoms with van der Waals surface area (Å²) in [4.78, 5) is 4.62. The molecule has 0 saturated heterocycles. The molecular formula is C18H23FN4. The van der Waals surface area contributed by atoms with E-state index in [0.29, 0.717) is 6.54 Å². The first-order valence-electron chi connectivity index (χ1n) is 8.07. The van der Waals surface area contributed by atoms with Gasteiger partial charge in [-0.3, -0.25) is 0 Å². The highest BCUT2D eigenvalue weighted by atomic mass is 19.1. The van der Waals surface area contributed by atoms with E-state index in [1.807, 2.05) is 36.9 Å². The first-order chi connectivity index (χ1) is 11.2. The van der Waals surface area contributed by atoms with Crippen LogP contribution in [0.15, 0.2) is 47.7 Å². The average Bonchev–Trinajstić information content (AvgIpc) is 3.16. The molecule has 2 N–H and O–H groups in total. The summed E-state index contributed by atoms with van der Waals surface area (Å²) in [6.07, 6.45) is 5.02. The van der Waals surface area contributed by atoms with Gasteiger partial charge in [0, 0.05) is 37.9 Å². The first-order valence-corrected chi connectivity index (χ1v) is 8.07. The number of hydrogen-bond acceptors (Lipinski definition) is 1. The molecule has 5 heteroatoms. The predicted molar refractivity (Wildman–Crippen MR) is 90.9 cm³/mol. The molecule has 1 aliphatic rings. The molecule has 0 aliphatic heterocycles. The zero-order valence-electron chi connectivity index (χ0n) is 13.6. The number of nitrogens with zero attached hydrogens (tertiary/aromatic N) is 2. The van der Waals surface area contributed by atoms with Gasteiger partial charge in [-0.25, -0.2) is 9.38 Å². The second-order valence-corrected chi connectivity index (χ2v) is 5.99. The van der Waals surface area contributed by atoms with E-state index in [1.165, 1.54) is 11.6 Å². The van der Waals surface area contributed by atoms with Gasteiger partial charge in [0.2, 0.25) is 0 Å². The molecule has 0 amide bonds. The van der Waals surface area contributed by atoms with Crippen LogP contribution in [0.5, 0.6) is 0 Å². The van der Waals surface area contributed by atoms with E-state index in [1.54, 1.807) is 6.07 Å². The Morgan fingerprint density at radius 2 is 2.17 bits per heavy atom. The van der Waals surface area contributed by atoms with Crippen LogP contribution >= 0.6 is 0 Å². The van der Waals surface area contributed by atoms with Crippen LogP contribution in [-0.2, 0) is 13.6 Å². The molecule has 1 saturated carbocycles. The van der Waals surface area contributed by atoms with Crippen molar-refractivity contribution in [3.8, 4) is 0 Å². The first kappa shape index (κ1) is 15.6. The van der Waals surface area contributed by atoms with Crippen LogP contribution in [-0.4, -0.2) is 23.1 Å². The quantitative estimate of drug-likeness (QED) is 0.658. The molecule has 0 radical (unpaired) electrons. The van der Waals surface area contributed by atoms with E-state index in [0.717, 1.165) is 24.5 Å². The van der Waals surface area contributed by atoms with Gasteiger partial charge in [0.05, 0.1) is 6.54 Å². The van der Waals surface area contributed by atoms with Crippen LogP contribution in [0.4, 0.5) is 4.39 Å². The molecule has 1 aromatic carbocycles. The summed E-state index contributed by atoms with van der Waals surface area (Å²) < 4.78 is 15.8. The van der Waals surface area contributed by atoms with E-state index < -0.39 is 0 Å². The van der Waals surface area contributed by atoms with Gasteiger partial charge in [0.1, 0.15) is 5.82 Å². The number of rotatable bonds is 5. The molecule has 23 heavy (non-hydrogen) atoms. The number of hydrogen-bond donors (Lipinski definition) is 2. The van der Waals surface area contributed by atoms with Crippen molar-refractivity contribution in [2.45, 2.75) is 31.8 Å². The maximum Gasteiger partial charge on any atom is 0.191 e. The lowest BCUT2D eigenvalue weighted by molar-refractivity contribution is 0.607. The Morgan fingerprint density at radius 3 is 2.87 bits per heavy atom. The molecule has 0 bridgehead atoms. The van der Waals surface area contributed by atoms with Gasteiger partial charge in [0.15, 0.2) is 5.96 Å². The maximum absolute atomic E-state index is 13.8. The zero-order chi connectivity index (χ0) is 16.2. The topological polar surface area (TPSA) is 41.4 Å². The summed E-state index contributed by atoms with van der Waals surface area (Å²) in [5.41, 5.74) is 1.97. The van der Waals surface area contributed by atoms with Crippen molar-refractivity contribution < 1.29 is 4.39 Å². The monoisotopic (exact) mass is 314 g/mol. The van der Waals surface area contributed by atoms with Gasteiger partial charge in [-0.1, -0.05) is 18.2 Å². The molecule has 3 rings (SSSR count). The van der Waals surface area contributed by atoms with Gasteiger partial charge in [0.25, 0.3) is 0 Å². The number of halogens is 1. The summed E-state index contributed by atoms with van der Waals surface area (Å²) in [5, 5.41) is 6.67. The highest BCUT2D eigenvalue weighted by Crippen LogP contribution is 2.41. The molecule has 1 heterocycles. The van der Waals surface area contributed by atoms with Gasteiger partial charge >= 0.3 is 0 Å². The van der Waals surface area contributed by atoms with Gasteiger partial charge in [-0.2, -0.15) is 0 Å². The number of aliphatic imine (C=N–C) groups is 1. The average molecular weight is 314 g/mol. The van der Waals surface area contributed by atoms with Crippen LogP contribution in [0.2, 0.25) is 0 Å². The fourth-order valence-corrected chi connectivity index (χ4v) is 2.79. The number of aryl methyl sites for hydroxylation is 1. The fraction of sp³-hybridized carbons (Fsp3) is 0.389. The smallest absolute Gasteiger partial charge is 0.191 e. The Hall–Kier alpha value is -2.30. The Bertz CT molecular complexity index is 692. The van der Waals surface area contributed by atoms with Gasteiger partial charge in [-0.05, 0) is 36.6 Å². The van der Waals surface area contributed by atoms with E-state index in [4.69, 9.17) is 0 Å². The number of aromatic nitrogens is 1. The third kappa shape index (κ3) is 3.92. The zero-order valence-corrected chi connectivity index (χ0v) is 13.6. The molecular weight excluding hydrogens is 291 g/mol. The van der Waals surface area contributed by atoms with E-state index in [9.17, 15) is 4.39 Å². The van der Waals surface area contributed by atoms with Crippen molar-refractivity contribution in [2.75, 3.05) is 6.54 Å². The van der Waals surface area contributed by atoms with Crippen LogP contribution < -0.4 is 10.6 Å². The Labute approximate surface area is 136 Å². The van der Waals surface area contributed by atoms with E-state index in [-0.39, 0.29) is 17.8 Å². The fourth-order valence-electron chi connectivity index (χ4n) is 2.79. The lowest BCUT2D eigenvalue weighted by Crippen LogP contribution is -2.39. The third-order valence-corrected chi connectivity index (χ3v) is 4.07. The van der Waals surface area contributed by atoms with Crippen molar-refractivity contribution in [2.24, 2.45) is 12.0 Å². The van der Waals surface area contributed by atoms with Crippen molar-refractivity contribution in [3.63, 3.8) is 0 Å². The lowest BCUT2D eigenvalue weighted by Gasteiger charge is -2.11. The second kappa shape index (κ2) is 6.86. The molecule has 2 atom stereocenters. The molecule has 4 nitrogen and oxygen atoms in total. The largest absolute Gasteiger partial charge is 0.357 e. The van der Waals surface area contributed by atoms with Crippen LogP contribution in [0, 0.1) is 5.82 Å². The normalized spacial score (nSPS) is 20.4. The van der Waals surface area contributed by atoms with Gasteiger partial charge in [-0.15, -0.1) is 0 Å². The van der Waals surface area contributed by atoms with E-state index in [2.05, 4.69) is 27.9 Å². The predicted octanol–water partition coefficient (Wildman–Crippen LogP) is 2.78. The number of benzene rings is 1. The van der Waals surface area contributed by atoms with E-state index >= 15 is 0 Å². The standard InChI is InChI=1S/C18H23FN4/c1-3-20-18(21-11-13-8-9-23(2)12-13)22-17-10-15(17)14-6-4-5-7-16(14)19/h4-9,12,15,17H,3,10-11H2,1-2H3,(H2,20,21,22). The Balaban J connectivity index is 1.61. The number of nitrogens with one attached hydrogen (secondary N) is 2. The van der Waals surface area contributed by atoms with Crippen molar-refractivity contribution in [3.05, 3.63) is 59.7 Å². The molecule has 1 aliphatic carbocycles. The minimum atomic E-state index is -0.118. The minimum Gasteiger partial charge on any atom is -0.357 e. The Kier molecular flexibility index (Phi) is 4.65. The summed E-state index contributed by atoms with van der Waals surface area (Å²) in [6.45, 7) is 3.48. The van der Waals surface area contributed by atoms with Crippen LogP contribution in [0.1, 0.15) is 30.4 Å². The highest BCUT2D eigenvalue weighted by molar-refractivity contribution is 5.80. The summed E-state index contributed by atoms with van der Waals surface area (Å²) in [6, 6.07) is 9.33. The summed E-state index contributed by atoms with van der Waals surface area (Å²) in [5.74, 6) is 0.907. The second-order valence-electron chi connectivity index (χ2n) is 5.99. The Morgan fingerprint density at radius 1 is 1.35 bits per heavy atom. The maximum atomic E-state index is 13.8. The lowest BCUT2D eigenvalue weighted by atomic mass is 10.1. The molecule has 122 valence electrons. The molecule has 0 spiro atoms. The number of guanidine groups is 1. The molecule has 2 unspecified atom stereocenters. The summed E-state index contributed by atoms with van der Waals surface area (Å²) >= 11 is 0. The summed E-state index contributed by atoms with van der Waals surface area (Å²) in [7, 11) is 2.00. The van der Waals surface area contributed by atoms with Gasteiger partial charge < -0.3 is 15.2 Å². The molecule has 2 aromatic rings.